The number of likely N-dealkylation sites (tertiary alicyclic amines) is 1. The molecule has 0 bridgehead atoms. The van der Waals surface area contributed by atoms with Crippen molar-refractivity contribution >= 4 is 5.91 Å². The Morgan fingerprint density at radius 3 is 2.86 bits per heavy atom. The highest BCUT2D eigenvalue weighted by molar-refractivity contribution is 5.76. The lowest BCUT2D eigenvalue weighted by atomic mass is 10.1. The van der Waals surface area contributed by atoms with Crippen molar-refractivity contribution < 1.29 is 9.53 Å². The molecule has 2 rings (SSSR count). The Bertz CT molecular complexity index is 514. The van der Waals surface area contributed by atoms with Crippen LogP contribution < -0.4 is 10.5 Å². The van der Waals surface area contributed by atoms with Crippen molar-refractivity contribution in [2.45, 2.75) is 46.1 Å². The fraction of sp³-hybridized carbons (Fsp3) is 0.588. The second kappa shape index (κ2) is 6.94. The quantitative estimate of drug-likeness (QED) is 0.926. The zero-order valence-corrected chi connectivity index (χ0v) is 13.3. The Hall–Kier alpha value is -1.55. The molecule has 1 amide bonds. The Labute approximate surface area is 127 Å². The Morgan fingerprint density at radius 1 is 1.38 bits per heavy atom. The van der Waals surface area contributed by atoms with Crippen LogP contribution in [0.1, 0.15) is 36.0 Å². The molecule has 4 heteroatoms. The maximum Gasteiger partial charge on any atom is 0.226 e. The van der Waals surface area contributed by atoms with E-state index in [1.807, 2.05) is 11.0 Å². The molecule has 0 spiro atoms. The van der Waals surface area contributed by atoms with E-state index in [2.05, 4.69) is 26.8 Å². The van der Waals surface area contributed by atoms with E-state index in [0.717, 1.165) is 30.7 Å². The van der Waals surface area contributed by atoms with E-state index in [4.69, 9.17) is 10.5 Å². The average Bonchev–Trinajstić information content (AvgIpc) is 2.43. The highest BCUT2D eigenvalue weighted by atomic mass is 16.5. The van der Waals surface area contributed by atoms with Crippen molar-refractivity contribution in [1.82, 2.24) is 4.90 Å². The second-order valence-electron chi connectivity index (χ2n) is 6.05. The number of nitrogens with zero attached hydrogens (tertiary/aromatic N) is 1. The number of rotatable bonds is 4. The molecule has 0 saturated carbocycles. The van der Waals surface area contributed by atoms with Gasteiger partial charge < -0.3 is 15.4 Å². The van der Waals surface area contributed by atoms with Crippen molar-refractivity contribution in [3.63, 3.8) is 0 Å². The van der Waals surface area contributed by atoms with Crippen LogP contribution in [0.5, 0.6) is 5.75 Å². The minimum absolute atomic E-state index is 0.130. The molecule has 1 heterocycles. The van der Waals surface area contributed by atoms with Crippen LogP contribution in [0, 0.1) is 20.8 Å². The van der Waals surface area contributed by atoms with Gasteiger partial charge in [-0.1, -0.05) is 6.07 Å². The van der Waals surface area contributed by atoms with Crippen molar-refractivity contribution in [2.24, 2.45) is 5.73 Å². The fourth-order valence-corrected chi connectivity index (χ4v) is 2.79. The maximum atomic E-state index is 12.1. The van der Waals surface area contributed by atoms with Crippen LogP contribution in [0.4, 0.5) is 0 Å². The molecule has 1 atom stereocenters. The molecule has 1 fully saturated rings. The third kappa shape index (κ3) is 4.21. The molecular formula is C17H26N2O2. The maximum absolute atomic E-state index is 12.1. The van der Waals surface area contributed by atoms with Crippen LogP contribution in [-0.4, -0.2) is 36.5 Å². The van der Waals surface area contributed by atoms with Crippen molar-refractivity contribution in [2.75, 3.05) is 19.7 Å². The third-order valence-corrected chi connectivity index (χ3v) is 4.15. The molecule has 2 N–H and O–H groups in total. The minimum atomic E-state index is 0.130. The second-order valence-corrected chi connectivity index (χ2v) is 6.05. The van der Waals surface area contributed by atoms with E-state index in [0.29, 0.717) is 19.6 Å². The summed E-state index contributed by atoms with van der Waals surface area (Å²) in [4.78, 5) is 14.0. The zero-order chi connectivity index (χ0) is 15.4. The fourth-order valence-electron chi connectivity index (χ4n) is 2.79. The number of hydrogen-bond donors (Lipinski definition) is 1. The number of hydrogen-bond acceptors (Lipinski definition) is 3. The van der Waals surface area contributed by atoms with E-state index in [1.165, 1.54) is 11.1 Å². The molecule has 1 unspecified atom stereocenters. The smallest absolute Gasteiger partial charge is 0.226 e. The molecular weight excluding hydrogens is 264 g/mol. The van der Waals surface area contributed by atoms with Crippen molar-refractivity contribution in [1.29, 1.82) is 0 Å². The van der Waals surface area contributed by atoms with Gasteiger partial charge in [-0.3, -0.25) is 4.79 Å². The predicted molar refractivity (Wildman–Crippen MR) is 84.6 cm³/mol. The van der Waals surface area contributed by atoms with Crippen LogP contribution in [0.15, 0.2) is 12.1 Å². The van der Waals surface area contributed by atoms with E-state index in [1.54, 1.807) is 0 Å². The average molecular weight is 290 g/mol. The first-order chi connectivity index (χ1) is 9.97. The summed E-state index contributed by atoms with van der Waals surface area (Å²) in [7, 11) is 0. The molecule has 0 radical (unpaired) electrons. The summed E-state index contributed by atoms with van der Waals surface area (Å²) in [5, 5.41) is 0. The van der Waals surface area contributed by atoms with Crippen LogP contribution in [0.2, 0.25) is 0 Å². The van der Waals surface area contributed by atoms with Gasteiger partial charge in [-0.15, -0.1) is 0 Å². The summed E-state index contributed by atoms with van der Waals surface area (Å²) >= 11 is 0. The molecule has 1 aromatic rings. The minimum Gasteiger partial charge on any atom is -0.493 e. The monoisotopic (exact) mass is 290 g/mol. The van der Waals surface area contributed by atoms with Gasteiger partial charge in [0.25, 0.3) is 0 Å². The lowest BCUT2D eigenvalue weighted by Gasteiger charge is -2.30. The van der Waals surface area contributed by atoms with Crippen molar-refractivity contribution in [3.05, 3.63) is 28.8 Å². The largest absolute Gasteiger partial charge is 0.493 e. The predicted octanol–water partition coefficient (Wildman–Crippen LogP) is 2.33. The molecule has 1 aromatic carbocycles. The van der Waals surface area contributed by atoms with E-state index in [9.17, 15) is 4.79 Å². The van der Waals surface area contributed by atoms with Gasteiger partial charge in [-0.05, 0) is 56.4 Å². The molecule has 1 saturated heterocycles. The normalized spacial score (nSPS) is 18.7. The standard InChI is InChI=1S/C17H26N2O2/c1-12-9-13(2)14(3)16(10-12)21-8-6-17(20)19-7-4-5-15(18)11-19/h9-10,15H,4-8,11,18H2,1-3H3. The van der Waals surface area contributed by atoms with Gasteiger partial charge in [0.2, 0.25) is 5.91 Å². The first kappa shape index (κ1) is 15.8. The number of benzene rings is 1. The highest BCUT2D eigenvalue weighted by Crippen LogP contribution is 2.23. The van der Waals surface area contributed by atoms with Gasteiger partial charge in [-0.2, -0.15) is 0 Å². The number of ether oxygens (including phenoxy) is 1. The van der Waals surface area contributed by atoms with Crippen LogP contribution in [-0.2, 0) is 4.79 Å². The molecule has 21 heavy (non-hydrogen) atoms. The van der Waals surface area contributed by atoms with E-state index in [-0.39, 0.29) is 11.9 Å². The Kier molecular flexibility index (Phi) is 5.23. The number of aryl methyl sites for hydroxylation is 2. The Balaban J connectivity index is 1.85. The van der Waals surface area contributed by atoms with E-state index >= 15 is 0 Å². The zero-order valence-electron chi connectivity index (χ0n) is 13.3. The number of nitrogens with two attached hydrogens (primary N) is 1. The summed E-state index contributed by atoms with van der Waals surface area (Å²) in [5.41, 5.74) is 9.46. The van der Waals surface area contributed by atoms with Gasteiger partial charge in [-0.25, -0.2) is 0 Å². The number of carbonyl (C=O) groups is 1. The molecule has 4 nitrogen and oxygen atoms in total. The van der Waals surface area contributed by atoms with Crippen molar-refractivity contribution in [3.8, 4) is 5.75 Å². The summed E-state index contributed by atoms with van der Waals surface area (Å²) in [6.45, 7) is 8.12. The molecule has 0 aliphatic carbocycles. The summed E-state index contributed by atoms with van der Waals surface area (Å²) in [6, 6.07) is 4.30. The lowest BCUT2D eigenvalue weighted by molar-refractivity contribution is -0.132. The number of piperidine rings is 1. The van der Waals surface area contributed by atoms with Crippen LogP contribution in [0.25, 0.3) is 0 Å². The highest BCUT2D eigenvalue weighted by Gasteiger charge is 2.20. The topological polar surface area (TPSA) is 55.6 Å². The molecule has 116 valence electrons. The summed E-state index contributed by atoms with van der Waals surface area (Å²) in [6.07, 6.45) is 2.44. The number of carbonyl (C=O) groups excluding carboxylic acids is 1. The third-order valence-electron chi connectivity index (χ3n) is 4.15. The SMILES string of the molecule is Cc1cc(C)c(C)c(OCCC(=O)N2CCCC(N)C2)c1. The van der Waals surface area contributed by atoms with Gasteiger partial charge in [0, 0.05) is 19.1 Å². The number of amides is 1. The molecule has 1 aliphatic rings. The summed E-state index contributed by atoms with van der Waals surface area (Å²) < 4.78 is 5.81. The first-order valence-electron chi connectivity index (χ1n) is 7.71. The Morgan fingerprint density at radius 2 is 2.14 bits per heavy atom. The van der Waals surface area contributed by atoms with Crippen LogP contribution >= 0.6 is 0 Å². The van der Waals surface area contributed by atoms with Gasteiger partial charge >= 0.3 is 0 Å². The van der Waals surface area contributed by atoms with Gasteiger partial charge in [0.1, 0.15) is 5.75 Å². The first-order valence-corrected chi connectivity index (χ1v) is 7.71. The molecule has 1 aliphatic heterocycles. The molecule has 0 aromatic heterocycles. The van der Waals surface area contributed by atoms with Crippen LogP contribution in [0.3, 0.4) is 0 Å². The van der Waals surface area contributed by atoms with Gasteiger partial charge in [0.15, 0.2) is 0 Å². The lowest BCUT2D eigenvalue weighted by Crippen LogP contribution is -2.46. The summed E-state index contributed by atoms with van der Waals surface area (Å²) in [5.74, 6) is 1.03. The van der Waals surface area contributed by atoms with E-state index < -0.39 is 0 Å². The van der Waals surface area contributed by atoms with Gasteiger partial charge in [0.05, 0.1) is 13.0 Å².